The van der Waals surface area contributed by atoms with Gasteiger partial charge in [-0.2, -0.15) is 0 Å². The Morgan fingerprint density at radius 2 is 1.81 bits per heavy atom. The van der Waals surface area contributed by atoms with Crippen LogP contribution in [0.1, 0.15) is 63.8 Å². The first-order valence-corrected chi connectivity index (χ1v) is 11.4. The van der Waals surface area contributed by atoms with Gasteiger partial charge in [0, 0.05) is 18.5 Å². The number of amides is 2. The van der Waals surface area contributed by atoms with Crippen molar-refractivity contribution in [2.24, 2.45) is 5.92 Å². The second-order valence-corrected chi connectivity index (χ2v) is 8.93. The molecule has 2 aromatic carbocycles. The number of fused-ring (bicyclic) bond motifs is 1. The molecular weight excluding hydrogens is 407 g/mol. The lowest BCUT2D eigenvalue weighted by Gasteiger charge is -2.39. The summed E-state index contributed by atoms with van der Waals surface area (Å²) in [7, 11) is 0. The van der Waals surface area contributed by atoms with Gasteiger partial charge in [-0.25, -0.2) is 4.39 Å². The van der Waals surface area contributed by atoms with Crippen LogP contribution in [0.2, 0.25) is 0 Å². The van der Waals surface area contributed by atoms with E-state index in [2.05, 4.69) is 5.32 Å². The van der Waals surface area contributed by atoms with Gasteiger partial charge in [0.2, 0.25) is 5.91 Å². The van der Waals surface area contributed by atoms with E-state index in [1.54, 1.807) is 12.1 Å². The maximum Gasteiger partial charge on any atom is 0.261 e. The predicted octanol–water partition coefficient (Wildman–Crippen LogP) is 4.64. The van der Waals surface area contributed by atoms with Crippen LogP contribution in [0, 0.1) is 11.7 Å². The van der Waals surface area contributed by atoms with Crippen LogP contribution in [0.15, 0.2) is 42.5 Å². The highest BCUT2D eigenvalue weighted by Gasteiger charge is 2.33. The predicted molar refractivity (Wildman–Crippen MR) is 123 cm³/mol. The Kier molecular flexibility index (Phi) is 7.54. The van der Waals surface area contributed by atoms with Crippen LogP contribution >= 0.6 is 0 Å². The molecule has 0 spiro atoms. The number of nitrogens with zero attached hydrogens (tertiary/aromatic N) is 1. The number of hydrogen-bond acceptors (Lipinski definition) is 3. The molecule has 2 atom stereocenters. The quantitative estimate of drug-likeness (QED) is 0.683. The van der Waals surface area contributed by atoms with Gasteiger partial charge in [-0.1, -0.05) is 39.0 Å². The summed E-state index contributed by atoms with van der Waals surface area (Å²) < 4.78 is 19.7. The van der Waals surface area contributed by atoms with E-state index < -0.39 is 6.10 Å². The minimum Gasteiger partial charge on any atom is -0.481 e. The lowest BCUT2D eigenvalue weighted by Crippen LogP contribution is -2.43. The number of hydrogen-bond donors (Lipinski definition) is 1. The van der Waals surface area contributed by atoms with Gasteiger partial charge in [0.15, 0.2) is 6.10 Å². The molecule has 0 saturated heterocycles. The van der Waals surface area contributed by atoms with Crippen LogP contribution < -0.4 is 10.1 Å². The minimum atomic E-state index is -0.600. The SMILES string of the molecule is CCC(Oc1ccc2c(c1)C(c1ccc(F)cc1)N(C(=O)C(C)C)CC2)C(=O)NC(C)C. The molecule has 2 amide bonds. The fourth-order valence-corrected chi connectivity index (χ4v) is 4.10. The molecule has 32 heavy (non-hydrogen) atoms. The minimum absolute atomic E-state index is 0.0298. The Balaban J connectivity index is 1.99. The third kappa shape index (κ3) is 5.29. The summed E-state index contributed by atoms with van der Waals surface area (Å²) in [5.41, 5.74) is 2.93. The molecule has 5 nitrogen and oxygen atoms in total. The molecule has 172 valence electrons. The maximum absolute atomic E-state index is 13.6. The summed E-state index contributed by atoms with van der Waals surface area (Å²) in [5, 5.41) is 2.90. The van der Waals surface area contributed by atoms with Crippen LogP contribution in [0.25, 0.3) is 0 Å². The van der Waals surface area contributed by atoms with Crippen LogP contribution in [-0.4, -0.2) is 35.4 Å². The lowest BCUT2D eigenvalue weighted by molar-refractivity contribution is -0.136. The Morgan fingerprint density at radius 1 is 1.12 bits per heavy atom. The topological polar surface area (TPSA) is 58.6 Å². The molecule has 2 unspecified atom stereocenters. The smallest absolute Gasteiger partial charge is 0.261 e. The molecular formula is C26H33FN2O3. The number of benzene rings is 2. The third-order valence-electron chi connectivity index (χ3n) is 5.68. The van der Waals surface area contributed by atoms with Crippen LogP contribution in [0.4, 0.5) is 4.39 Å². The van der Waals surface area contributed by atoms with Crippen LogP contribution in [-0.2, 0) is 16.0 Å². The first-order valence-electron chi connectivity index (χ1n) is 11.4. The molecule has 0 aliphatic carbocycles. The van der Waals surface area contributed by atoms with Gasteiger partial charge < -0.3 is 15.0 Å². The van der Waals surface area contributed by atoms with Crippen molar-refractivity contribution >= 4 is 11.8 Å². The van der Waals surface area contributed by atoms with Gasteiger partial charge in [0.05, 0.1) is 6.04 Å². The Bertz CT molecular complexity index is 956. The van der Waals surface area contributed by atoms with Crippen molar-refractivity contribution in [1.82, 2.24) is 10.2 Å². The number of carbonyl (C=O) groups is 2. The highest BCUT2D eigenvalue weighted by atomic mass is 19.1. The Labute approximate surface area is 190 Å². The van der Waals surface area contributed by atoms with Gasteiger partial charge in [-0.05, 0) is 67.6 Å². The first-order chi connectivity index (χ1) is 15.2. The van der Waals surface area contributed by atoms with E-state index in [4.69, 9.17) is 4.74 Å². The number of rotatable bonds is 7. The molecule has 0 bridgehead atoms. The van der Waals surface area contributed by atoms with Crippen LogP contribution in [0.5, 0.6) is 5.75 Å². The van der Waals surface area contributed by atoms with Crippen molar-refractivity contribution in [1.29, 1.82) is 0 Å². The monoisotopic (exact) mass is 440 g/mol. The van der Waals surface area contributed by atoms with Crippen molar-refractivity contribution < 1.29 is 18.7 Å². The molecule has 0 fully saturated rings. The molecule has 2 aromatic rings. The van der Waals surface area contributed by atoms with E-state index in [0.29, 0.717) is 18.7 Å². The number of halogens is 1. The average Bonchev–Trinajstić information content (AvgIpc) is 2.76. The van der Waals surface area contributed by atoms with E-state index in [-0.39, 0.29) is 35.6 Å². The standard InChI is InChI=1S/C26H33FN2O3/c1-6-23(25(30)28-17(4)5)32-21-12-9-18-13-14-29(26(31)16(2)3)24(22(18)15-21)19-7-10-20(27)11-8-19/h7-12,15-17,23-24H,6,13-14H2,1-5H3,(H,28,30). The second kappa shape index (κ2) is 10.2. The van der Waals surface area contributed by atoms with Gasteiger partial charge in [-0.3, -0.25) is 9.59 Å². The Hall–Kier alpha value is -2.89. The maximum atomic E-state index is 13.6. The average molecular weight is 441 g/mol. The molecule has 0 aromatic heterocycles. The second-order valence-electron chi connectivity index (χ2n) is 8.93. The van der Waals surface area contributed by atoms with E-state index in [0.717, 1.165) is 23.1 Å². The highest BCUT2D eigenvalue weighted by molar-refractivity contribution is 5.81. The van der Waals surface area contributed by atoms with Gasteiger partial charge in [0.25, 0.3) is 5.91 Å². The molecule has 0 saturated carbocycles. The number of carbonyl (C=O) groups excluding carboxylic acids is 2. The van der Waals surface area contributed by atoms with Crippen molar-refractivity contribution in [3.8, 4) is 5.75 Å². The molecule has 3 rings (SSSR count). The van der Waals surface area contributed by atoms with Crippen molar-refractivity contribution in [3.05, 3.63) is 65.0 Å². The number of nitrogens with one attached hydrogen (secondary N) is 1. The van der Waals surface area contributed by atoms with Gasteiger partial charge >= 0.3 is 0 Å². The zero-order valence-corrected chi connectivity index (χ0v) is 19.5. The fourth-order valence-electron chi connectivity index (χ4n) is 4.10. The van der Waals surface area contributed by atoms with Crippen molar-refractivity contribution in [2.75, 3.05) is 6.54 Å². The first kappa shape index (κ1) is 23.8. The van der Waals surface area contributed by atoms with Crippen LogP contribution in [0.3, 0.4) is 0 Å². The summed E-state index contributed by atoms with van der Waals surface area (Å²) in [6, 6.07) is 11.8. The van der Waals surface area contributed by atoms with Crippen molar-refractivity contribution in [3.63, 3.8) is 0 Å². The largest absolute Gasteiger partial charge is 0.481 e. The normalized spacial score (nSPS) is 16.6. The molecule has 1 aliphatic rings. The zero-order chi connectivity index (χ0) is 23.4. The zero-order valence-electron chi connectivity index (χ0n) is 19.5. The summed E-state index contributed by atoms with van der Waals surface area (Å²) in [4.78, 5) is 27.4. The summed E-state index contributed by atoms with van der Waals surface area (Å²) >= 11 is 0. The molecule has 1 N–H and O–H groups in total. The van der Waals surface area contributed by atoms with E-state index in [1.165, 1.54) is 12.1 Å². The lowest BCUT2D eigenvalue weighted by atomic mass is 9.87. The van der Waals surface area contributed by atoms with Crippen molar-refractivity contribution in [2.45, 2.75) is 65.6 Å². The third-order valence-corrected chi connectivity index (χ3v) is 5.68. The van der Waals surface area contributed by atoms with Gasteiger partial charge in [-0.15, -0.1) is 0 Å². The summed E-state index contributed by atoms with van der Waals surface area (Å²) in [6.45, 7) is 10.1. The molecule has 1 aliphatic heterocycles. The van der Waals surface area contributed by atoms with Gasteiger partial charge in [0.1, 0.15) is 11.6 Å². The summed E-state index contributed by atoms with van der Waals surface area (Å²) in [5.74, 6) is 0.0279. The molecule has 0 radical (unpaired) electrons. The molecule has 6 heteroatoms. The molecule has 1 heterocycles. The van der Waals surface area contributed by atoms with E-state index in [1.807, 2.05) is 57.7 Å². The fraction of sp³-hybridized carbons (Fsp3) is 0.462. The van der Waals surface area contributed by atoms with E-state index in [9.17, 15) is 14.0 Å². The highest BCUT2D eigenvalue weighted by Crippen LogP contribution is 2.38. The summed E-state index contributed by atoms with van der Waals surface area (Å²) in [6.07, 6.45) is 0.669. The van der Waals surface area contributed by atoms with E-state index >= 15 is 0 Å². The Morgan fingerprint density at radius 3 is 2.41 bits per heavy atom. The number of ether oxygens (including phenoxy) is 1.